The molecular weight excluding hydrogens is 264 g/mol. The van der Waals surface area contributed by atoms with Crippen molar-refractivity contribution in [3.63, 3.8) is 0 Å². The van der Waals surface area contributed by atoms with Gasteiger partial charge in [0.15, 0.2) is 9.84 Å². The fraction of sp³-hybridized carbons (Fsp3) is 0.200. The molecule has 0 N–H and O–H groups in total. The summed E-state index contributed by atoms with van der Waals surface area (Å²) in [5, 5.41) is 1.86. The second-order valence-electron chi connectivity index (χ2n) is 2.96. The molecule has 76 valence electrons. The van der Waals surface area contributed by atoms with Gasteiger partial charge < -0.3 is 0 Å². The van der Waals surface area contributed by atoms with Crippen LogP contribution >= 0.6 is 15.9 Å². The fourth-order valence-corrected chi connectivity index (χ4v) is 2.64. The summed E-state index contributed by atoms with van der Waals surface area (Å²) in [4.78, 5) is 0.334. The smallest absolute Gasteiger partial charge is 0.199 e. The number of allylic oxidation sites excluding steroid dienone is 1. The largest absolute Gasteiger partial charge is 0.219 e. The van der Waals surface area contributed by atoms with E-state index < -0.39 is 9.84 Å². The van der Waals surface area contributed by atoms with Crippen molar-refractivity contribution < 1.29 is 8.42 Å². The van der Waals surface area contributed by atoms with Crippen molar-refractivity contribution in [3.05, 3.63) is 41.3 Å². The average molecular weight is 275 g/mol. The molecule has 0 bridgehead atoms. The van der Waals surface area contributed by atoms with Crippen LogP contribution in [0.2, 0.25) is 0 Å². The van der Waals surface area contributed by atoms with Crippen molar-refractivity contribution in [2.24, 2.45) is 0 Å². The monoisotopic (exact) mass is 274 g/mol. The van der Waals surface area contributed by atoms with E-state index in [4.69, 9.17) is 0 Å². The van der Waals surface area contributed by atoms with E-state index in [9.17, 15) is 8.42 Å². The second kappa shape index (κ2) is 4.75. The molecule has 0 aromatic heterocycles. The third-order valence-electron chi connectivity index (χ3n) is 1.64. The number of hydrogen-bond acceptors (Lipinski definition) is 2. The van der Waals surface area contributed by atoms with Crippen LogP contribution < -0.4 is 0 Å². The average Bonchev–Trinajstić information content (AvgIpc) is 2.18. The Morgan fingerprint density at radius 1 is 1.36 bits per heavy atom. The maximum Gasteiger partial charge on any atom is 0.199 e. The number of hydrogen-bond donors (Lipinski definition) is 0. The van der Waals surface area contributed by atoms with Crippen molar-refractivity contribution in [1.29, 1.82) is 0 Å². The first-order valence-corrected chi connectivity index (χ1v) is 6.76. The molecule has 0 heterocycles. The minimum Gasteiger partial charge on any atom is -0.219 e. The molecule has 14 heavy (non-hydrogen) atoms. The van der Waals surface area contributed by atoms with Gasteiger partial charge in [-0.25, -0.2) is 8.42 Å². The fourth-order valence-electron chi connectivity index (χ4n) is 0.975. The Balaban J connectivity index is 3.11. The molecule has 0 unspecified atom stereocenters. The number of sulfone groups is 1. The highest BCUT2D eigenvalue weighted by atomic mass is 79.9. The zero-order valence-electron chi connectivity index (χ0n) is 7.77. The molecule has 4 heteroatoms. The van der Waals surface area contributed by atoms with E-state index in [1.54, 1.807) is 37.3 Å². The molecule has 0 saturated heterocycles. The van der Waals surface area contributed by atoms with Gasteiger partial charge in [-0.3, -0.25) is 0 Å². The Labute approximate surface area is 92.7 Å². The molecule has 0 spiro atoms. The van der Waals surface area contributed by atoms with Crippen molar-refractivity contribution >= 4 is 25.8 Å². The second-order valence-corrected chi connectivity index (χ2v) is 5.31. The van der Waals surface area contributed by atoms with Gasteiger partial charge in [0.25, 0.3) is 0 Å². The van der Waals surface area contributed by atoms with Crippen molar-refractivity contribution in [3.8, 4) is 0 Å². The summed E-state index contributed by atoms with van der Waals surface area (Å²) in [6, 6.07) is 8.40. The molecule has 1 rings (SSSR count). The molecule has 0 amide bonds. The first-order valence-electron chi connectivity index (χ1n) is 4.09. The highest BCUT2D eigenvalue weighted by Crippen LogP contribution is 2.13. The SMILES string of the molecule is C/C(=C/S(=O)(=O)c1ccccc1)CBr. The van der Waals surface area contributed by atoms with Crippen LogP contribution in [-0.2, 0) is 9.84 Å². The molecule has 0 aliphatic heterocycles. The first kappa shape index (κ1) is 11.5. The van der Waals surface area contributed by atoms with Crippen LogP contribution in [0.25, 0.3) is 0 Å². The number of rotatable bonds is 3. The molecule has 0 fully saturated rings. The summed E-state index contributed by atoms with van der Waals surface area (Å²) in [6.45, 7) is 1.77. The number of alkyl halides is 1. The number of benzene rings is 1. The summed E-state index contributed by atoms with van der Waals surface area (Å²) in [5.74, 6) is 0. The van der Waals surface area contributed by atoms with E-state index in [0.717, 1.165) is 5.57 Å². The van der Waals surface area contributed by atoms with E-state index in [-0.39, 0.29) is 0 Å². The van der Waals surface area contributed by atoms with Gasteiger partial charge in [0.2, 0.25) is 0 Å². The van der Waals surface area contributed by atoms with E-state index >= 15 is 0 Å². The van der Waals surface area contributed by atoms with Gasteiger partial charge in [0.05, 0.1) is 4.90 Å². The Morgan fingerprint density at radius 3 is 2.43 bits per heavy atom. The van der Waals surface area contributed by atoms with Gasteiger partial charge in [0.1, 0.15) is 0 Å². The summed E-state index contributed by atoms with van der Waals surface area (Å²) in [7, 11) is -3.26. The molecule has 0 radical (unpaired) electrons. The third-order valence-corrected chi connectivity index (χ3v) is 4.17. The molecule has 2 nitrogen and oxygen atoms in total. The molecule has 1 aromatic rings. The van der Waals surface area contributed by atoms with Crippen LogP contribution in [0, 0.1) is 0 Å². The van der Waals surface area contributed by atoms with Gasteiger partial charge in [-0.1, -0.05) is 39.7 Å². The predicted octanol–water partition coefficient (Wildman–Crippen LogP) is 2.76. The van der Waals surface area contributed by atoms with Crippen LogP contribution in [0.5, 0.6) is 0 Å². The molecule has 1 aromatic carbocycles. The summed E-state index contributed by atoms with van der Waals surface area (Å²) < 4.78 is 23.4. The topological polar surface area (TPSA) is 34.1 Å². The maximum atomic E-state index is 11.7. The zero-order chi connectivity index (χ0) is 10.6. The molecule has 0 aliphatic rings. The quantitative estimate of drug-likeness (QED) is 0.795. The maximum absolute atomic E-state index is 11.7. The zero-order valence-corrected chi connectivity index (χ0v) is 10.2. The van der Waals surface area contributed by atoms with Gasteiger partial charge in [-0.2, -0.15) is 0 Å². The highest BCUT2D eigenvalue weighted by molar-refractivity contribution is 9.09. The lowest BCUT2D eigenvalue weighted by Gasteiger charge is -1.99. The third kappa shape index (κ3) is 2.96. The van der Waals surface area contributed by atoms with Crippen molar-refractivity contribution in [2.75, 3.05) is 5.33 Å². The Hall–Kier alpha value is -0.610. The molecule has 0 aliphatic carbocycles. The van der Waals surface area contributed by atoms with Crippen molar-refractivity contribution in [2.45, 2.75) is 11.8 Å². The van der Waals surface area contributed by atoms with E-state index in [0.29, 0.717) is 10.2 Å². The van der Waals surface area contributed by atoms with Crippen molar-refractivity contribution in [1.82, 2.24) is 0 Å². The minimum atomic E-state index is -3.26. The summed E-state index contributed by atoms with van der Waals surface area (Å²) >= 11 is 3.21. The Bertz CT molecular complexity index is 421. The number of halogens is 1. The summed E-state index contributed by atoms with van der Waals surface area (Å²) in [5.41, 5.74) is 0.786. The van der Waals surface area contributed by atoms with Crippen LogP contribution in [0.15, 0.2) is 46.2 Å². The molecular formula is C10H11BrO2S. The Kier molecular flexibility index (Phi) is 3.89. The van der Waals surface area contributed by atoms with Crippen LogP contribution in [0.1, 0.15) is 6.92 Å². The van der Waals surface area contributed by atoms with Gasteiger partial charge in [0, 0.05) is 10.7 Å². The van der Waals surface area contributed by atoms with Gasteiger partial charge in [-0.05, 0) is 19.1 Å². The van der Waals surface area contributed by atoms with Crippen LogP contribution in [0.3, 0.4) is 0 Å². The van der Waals surface area contributed by atoms with E-state index in [1.165, 1.54) is 5.41 Å². The minimum absolute atomic E-state index is 0.334. The normalized spacial score (nSPS) is 12.9. The molecule has 0 atom stereocenters. The lowest BCUT2D eigenvalue weighted by atomic mass is 10.4. The van der Waals surface area contributed by atoms with E-state index in [1.807, 2.05) is 0 Å². The molecule has 0 saturated carbocycles. The van der Waals surface area contributed by atoms with Gasteiger partial charge >= 0.3 is 0 Å². The highest BCUT2D eigenvalue weighted by Gasteiger charge is 2.09. The Morgan fingerprint density at radius 2 is 1.93 bits per heavy atom. The first-order chi connectivity index (χ1) is 6.56. The van der Waals surface area contributed by atoms with Crippen LogP contribution in [0.4, 0.5) is 0 Å². The van der Waals surface area contributed by atoms with E-state index in [2.05, 4.69) is 15.9 Å². The lowest BCUT2D eigenvalue weighted by Crippen LogP contribution is -1.97. The van der Waals surface area contributed by atoms with Crippen LogP contribution in [-0.4, -0.2) is 13.7 Å². The van der Waals surface area contributed by atoms with Gasteiger partial charge in [-0.15, -0.1) is 0 Å². The predicted molar refractivity (Wildman–Crippen MR) is 61.2 cm³/mol. The summed E-state index contributed by atoms with van der Waals surface area (Å²) in [6.07, 6.45) is 0. The standard InChI is InChI=1S/C10H11BrO2S/c1-9(7-11)8-14(12,13)10-5-3-2-4-6-10/h2-6,8H,7H2,1H3/b9-8-. The lowest BCUT2D eigenvalue weighted by molar-refractivity contribution is 0.604.